The third-order valence-corrected chi connectivity index (χ3v) is 7.94. The summed E-state index contributed by atoms with van der Waals surface area (Å²) in [4.78, 5) is 29.2. The molecule has 0 aliphatic heterocycles. The number of sulfone groups is 1. The smallest absolute Gasteiger partial charge is 0.303 e. The van der Waals surface area contributed by atoms with E-state index in [1.165, 1.54) is 6.07 Å². The number of aryl methyl sites for hydroxylation is 1. The standard InChI is InChI=1S/C20H23N3O5S/c21-12-4-5-13(8-12)29(27,28)14-6-7-16-15(9-14)18-11(2-1-3-17(24)25)10-22-19(18)20(26)23-16/h6-7,9-10,12-13,22H,1-5,8,21H2,(H,23,26)(H,24,25)/t12?,13-/m1/s1. The molecule has 5 N–H and O–H groups in total. The zero-order valence-electron chi connectivity index (χ0n) is 15.8. The van der Waals surface area contributed by atoms with Crippen LogP contribution in [0.4, 0.5) is 0 Å². The van der Waals surface area contributed by atoms with Crippen molar-refractivity contribution in [1.29, 1.82) is 0 Å². The Morgan fingerprint density at radius 1 is 1.28 bits per heavy atom. The third kappa shape index (κ3) is 3.56. The van der Waals surface area contributed by atoms with Crippen molar-refractivity contribution in [2.75, 3.05) is 0 Å². The maximum Gasteiger partial charge on any atom is 0.303 e. The molecule has 1 aromatic carbocycles. The van der Waals surface area contributed by atoms with Crippen LogP contribution in [-0.4, -0.2) is 40.8 Å². The lowest BCUT2D eigenvalue weighted by molar-refractivity contribution is -0.137. The van der Waals surface area contributed by atoms with Crippen molar-refractivity contribution in [3.8, 4) is 0 Å². The van der Waals surface area contributed by atoms with Crippen LogP contribution in [0.1, 0.15) is 37.7 Å². The van der Waals surface area contributed by atoms with E-state index in [-0.39, 0.29) is 22.9 Å². The molecule has 4 rings (SSSR count). The second-order valence-corrected chi connectivity index (χ2v) is 9.94. The molecule has 0 bridgehead atoms. The molecule has 1 saturated carbocycles. The highest BCUT2D eigenvalue weighted by Crippen LogP contribution is 2.32. The van der Waals surface area contributed by atoms with Gasteiger partial charge in [0.25, 0.3) is 5.56 Å². The van der Waals surface area contributed by atoms with Crippen LogP contribution in [0.2, 0.25) is 0 Å². The summed E-state index contributed by atoms with van der Waals surface area (Å²) in [5.41, 5.74) is 7.32. The second kappa shape index (κ2) is 7.31. The van der Waals surface area contributed by atoms with Crippen LogP contribution in [0.5, 0.6) is 0 Å². The fraction of sp³-hybridized carbons (Fsp3) is 0.400. The summed E-state index contributed by atoms with van der Waals surface area (Å²) in [6.07, 6.45) is 4.31. The lowest BCUT2D eigenvalue weighted by atomic mass is 10.0. The van der Waals surface area contributed by atoms with E-state index in [0.717, 1.165) is 5.56 Å². The summed E-state index contributed by atoms with van der Waals surface area (Å²) < 4.78 is 26.2. The molecule has 3 aromatic rings. The van der Waals surface area contributed by atoms with E-state index < -0.39 is 21.1 Å². The van der Waals surface area contributed by atoms with Crippen molar-refractivity contribution in [2.45, 2.75) is 54.7 Å². The predicted octanol–water partition coefficient (Wildman–Crippen LogP) is 2.07. The van der Waals surface area contributed by atoms with Gasteiger partial charge in [0.2, 0.25) is 0 Å². The summed E-state index contributed by atoms with van der Waals surface area (Å²) in [6, 6.07) is 4.66. The summed E-state index contributed by atoms with van der Waals surface area (Å²) >= 11 is 0. The summed E-state index contributed by atoms with van der Waals surface area (Å²) in [7, 11) is -3.53. The Morgan fingerprint density at radius 3 is 2.76 bits per heavy atom. The van der Waals surface area contributed by atoms with Gasteiger partial charge in [-0.2, -0.15) is 0 Å². The van der Waals surface area contributed by atoms with Gasteiger partial charge in [0, 0.05) is 34.9 Å². The van der Waals surface area contributed by atoms with Crippen molar-refractivity contribution in [2.24, 2.45) is 5.73 Å². The first kappa shape index (κ1) is 19.7. The average Bonchev–Trinajstić information content (AvgIpc) is 3.29. The Hall–Kier alpha value is -2.65. The minimum Gasteiger partial charge on any atom is -0.481 e. The van der Waals surface area contributed by atoms with E-state index in [1.54, 1.807) is 18.3 Å². The van der Waals surface area contributed by atoms with E-state index in [0.29, 0.717) is 53.9 Å². The number of carbonyl (C=O) groups is 1. The SMILES string of the molecule is NC1CC[C@@H](S(=O)(=O)c2ccc3[nH]c(=O)c4[nH]cc(CCCC(=O)O)c4c3c2)C1. The molecule has 1 aliphatic rings. The molecule has 2 atom stereocenters. The van der Waals surface area contributed by atoms with Crippen molar-refractivity contribution in [1.82, 2.24) is 9.97 Å². The van der Waals surface area contributed by atoms with Crippen LogP contribution in [0, 0.1) is 0 Å². The number of nitrogens with two attached hydrogens (primary N) is 1. The zero-order valence-corrected chi connectivity index (χ0v) is 16.6. The molecule has 1 aliphatic carbocycles. The average molecular weight is 417 g/mol. The van der Waals surface area contributed by atoms with Gasteiger partial charge in [-0.3, -0.25) is 9.59 Å². The van der Waals surface area contributed by atoms with Gasteiger partial charge in [-0.25, -0.2) is 8.42 Å². The fourth-order valence-corrected chi connectivity index (χ4v) is 6.10. The number of benzene rings is 1. The lowest BCUT2D eigenvalue weighted by Crippen LogP contribution is -2.22. The summed E-state index contributed by atoms with van der Waals surface area (Å²) in [5, 5.41) is 9.67. The van der Waals surface area contributed by atoms with Gasteiger partial charge in [0.1, 0.15) is 5.52 Å². The highest BCUT2D eigenvalue weighted by molar-refractivity contribution is 7.92. The molecule has 8 nitrogen and oxygen atoms in total. The van der Waals surface area contributed by atoms with Gasteiger partial charge in [0.15, 0.2) is 9.84 Å². The molecule has 0 saturated heterocycles. The van der Waals surface area contributed by atoms with Crippen molar-refractivity contribution < 1.29 is 18.3 Å². The van der Waals surface area contributed by atoms with E-state index in [9.17, 15) is 18.0 Å². The number of H-pyrrole nitrogens is 2. The molecule has 1 unspecified atom stereocenters. The van der Waals surface area contributed by atoms with E-state index in [1.807, 2.05) is 0 Å². The van der Waals surface area contributed by atoms with Gasteiger partial charge in [-0.1, -0.05) is 0 Å². The van der Waals surface area contributed by atoms with E-state index >= 15 is 0 Å². The molecule has 2 heterocycles. The number of aliphatic carboxylic acids is 1. The predicted molar refractivity (Wildman–Crippen MR) is 110 cm³/mol. The van der Waals surface area contributed by atoms with Crippen LogP contribution in [0.25, 0.3) is 21.8 Å². The van der Waals surface area contributed by atoms with Gasteiger partial charge >= 0.3 is 5.97 Å². The first-order chi connectivity index (χ1) is 13.8. The molecule has 0 amide bonds. The molecule has 2 aromatic heterocycles. The molecule has 9 heteroatoms. The number of pyridine rings is 1. The number of carboxylic acids is 1. The number of carboxylic acid groups (broad SMARTS) is 1. The fourth-order valence-electron chi connectivity index (χ4n) is 4.23. The molecule has 0 radical (unpaired) electrons. The second-order valence-electron chi connectivity index (χ2n) is 7.71. The number of fused-ring (bicyclic) bond motifs is 3. The Morgan fingerprint density at radius 2 is 2.07 bits per heavy atom. The highest BCUT2D eigenvalue weighted by Gasteiger charge is 2.34. The minimum atomic E-state index is -3.53. The van der Waals surface area contributed by atoms with E-state index in [4.69, 9.17) is 10.8 Å². The number of aromatic amines is 2. The molecule has 0 spiro atoms. The Kier molecular flexibility index (Phi) is 4.95. The zero-order chi connectivity index (χ0) is 20.8. The van der Waals surface area contributed by atoms with Crippen molar-refractivity contribution in [3.05, 3.63) is 40.3 Å². The molecule has 154 valence electrons. The third-order valence-electron chi connectivity index (χ3n) is 5.73. The number of rotatable bonds is 6. The summed E-state index contributed by atoms with van der Waals surface area (Å²) in [6.45, 7) is 0. The Balaban J connectivity index is 1.83. The summed E-state index contributed by atoms with van der Waals surface area (Å²) in [5.74, 6) is -0.879. The Bertz CT molecular complexity index is 1260. The first-order valence-electron chi connectivity index (χ1n) is 9.64. The topological polar surface area (TPSA) is 146 Å². The lowest BCUT2D eigenvalue weighted by Gasteiger charge is -2.13. The number of hydrogen-bond acceptors (Lipinski definition) is 5. The largest absolute Gasteiger partial charge is 0.481 e. The highest BCUT2D eigenvalue weighted by atomic mass is 32.2. The molecular formula is C20H23N3O5S. The maximum atomic E-state index is 13.1. The molecular weight excluding hydrogens is 394 g/mol. The minimum absolute atomic E-state index is 0.0232. The Labute approximate surface area is 167 Å². The normalized spacial score (nSPS) is 19.9. The molecule has 1 fully saturated rings. The van der Waals surface area contributed by atoms with Crippen LogP contribution in [0.15, 0.2) is 34.1 Å². The monoisotopic (exact) mass is 417 g/mol. The van der Waals surface area contributed by atoms with Crippen LogP contribution in [-0.2, 0) is 21.1 Å². The first-order valence-corrected chi connectivity index (χ1v) is 11.2. The quantitative estimate of drug-likeness (QED) is 0.483. The van der Waals surface area contributed by atoms with Crippen LogP contribution in [0.3, 0.4) is 0 Å². The number of aromatic nitrogens is 2. The van der Waals surface area contributed by atoms with Gasteiger partial charge in [-0.15, -0.1) is 0 Å². The van der Waals surface area contributed by atoms with Gasteiger partial charge < -0.3 is 20.8 Å². The maximum absolute atomic E-state index is 13.1. The molecule has 29 heavy (non-hydrogen) atoms. The van der Waals surface area contributed by atoms with Crippen molar-refractivity contribution >= 4 is 37.6 Å². The van der Waals surface area contributed by atoms with Crippen molar-refractivity contribution in [3.63, 3.8) is 0 Å². The number of hydrogen-bond donors (Lipinski definition) is 4. The van der Waals surface area contributed by atoms with Crippen LogP contribution >= 0.6 is 0 Å². The van der Waals surface area contributed by atoms with E-state index in [2.05, 4.69) is 9.97 Å². The number of nitrogens with one attached hydrogen (secondary N) is 2. The van der Waals surface area contributed by atoms with Gasteiger partial charge in [0.05, 0.1) is 10.1 Å². The van der Waals surface area contributed by atoms with Gasteiger partial charge in [-0.05, 0) is 55.9 Å². The van der Waals surface area contributed by atoms with Crippen LogP contribution < -0.4 is 11.3 Å².